The number of likely N-dealkylation sites (N-methyl/N-ethyl adjacent to an activating group) is 1. The van der Waals surface area contributed by atoms with Crippen LogP contribution in [-0.2, 0) is 4.79 Å². The Morgan fingerprint density at radius 2 is 2.31 bits per heavy atom. The monoisotopic (exact) mass is 182 g/mol. The molecule has 0 aliphatic rings. The van der Waals surface area contributed by atoms with E-state index >= 15 is 0 Å². The van der Waals surface area contributed by atoms with Gasteiger partial charge >= 0.3 is 0 Å². The molecule has 2 amide bonds. The van der Waals surface area contributed by atoms with Crippen molar-refractivity contribution < 1.29 is 14.0 Å². The maximum atomic E-state index is 11.1. The third kappa shape index (κ3) is 2.72. The van der Waals surface area contributed by atoms with E-state index in [0.29, 0.717) is 0 Å². The standard InChI is InChI=1S/C8H10N2O3/c1-9-5-7(11)10-8(12)6-3-2-4-13-6/h2-4,9H,5H2,1H3,(H,10,11,12). The van der Waals surface area contributed by atoms with Crippen LogP contribution in [0.1, 0.15) is 10.6 Å². The van der Waals surface area contributed by atoms with E-state index in [4.69, 9.17) is 4.42 Å². The number of hydrogen-bond acceptors (Lipinski definition) is 4. The lowest BCUT2D eigenvalue weighted by Gasteiger charge is -1.99. The Morgan fingerprint density at radius 1 is 1.54 bits per heavy atom. The quantitative estimate of drug-likeness (QED) is 0.676. The van der Waals surface area contributed by atoms with Crippen LogP contribution in [0, 0.1) is 0 Å². The second kappa shape index (κ2) is 4.42. The molecule has 0 bridgehead atoms. The van der Waals surface area contributed by atoms with Gasteiger partial charge < -0.3 is 9.73 Å². The summed E-state index contributed by atoms with van der Waals surface area (Å²) < 4.78 is 4.79. The number of imide groups is 1. The lowest BCUT2D eigenvalue weighted by Crippen LogP contribution is -2.36. The van der Waals surface area contributed by atoms with Crippen LogP contribution >= 0.6 is 0 Å². The van der Waals surface area contributed by atoms with Gasteiger partial charge in [0, 0.05) is 0 Å². The van der Waals surface area contributed by atoms with Gasteiger partial charge in [-0.1, -0.05) is 0 Å². The SMILES string of the molecule is CNCC(=O)NC(=O)c1ccco1. The van der Waals surface area contributed by atoms with Crippen molar-refractivity contribution in [1.29, 1.82) is 0 Å². The summed E-state index contributed by atoms with van der Waals surface area (Å²) in [5.41, 5.74) is 0. The molecule has 0 aliphatic heterocycles. The first-order valence-corrected chi connectivity index (χ1v) is 3.76. The van der Waals surface area contributed by atoms with Gasteiger partial charge in [-0.25, -0.2) is 0 Å². The first-order chi connectivity index (χ1) is 6.24. The van der Waals surface area contributed by atoms with E-state index in [9.17, 15) is 9.59 Å². The fourth-order valence-corrected chi connectivity index (χ4v) is 0.801. The summed E-state index contributed by atoms with van der Waals surface area (Å²) in [4.78, 5) is 22.1. The minimum Gasteiger partial charge on any atom is -0.459 e. The number of furan rings is 1. The smallest absolute Gasteiger partial charge is 0.293 e. The molecule has 0 atom stereocenters. The number of hydrogen-bond donors (Lipinski definition) is 2. The van der Waals surface area contributed by atoms with Gasteiger partial charge in [-0.05, 0) is 19.2 Å². The van der Waals surface area contributed by atoms with E-state index < -0.39 is 5.91 Å². The number of carbonyl (C=O) groups excluding carboxylic acids is 2. The van der Waals surface area contributed by atoms with Gasteiger partial charge in [0.15, 0.2) is 5.76 Å². The highest BCUT2D eigenvalue weighted by atomic mass is 16.3. The Balaban J connectivity index is 2.47. The Hall–Kier alpha value is -1.62. The van der Waals surface area contributed by atoms with Crippen LogP contribution in [0.15, 0.2) is 22.8 Å². The summed E-state index contributed by atoms with van der Waals surface area (Å²) in [6.07, 6.45) is 1.37. The van der Waals surface area contributed by atoms with Crippen LogP contribution in [-0.4, -0.2) is 25.4 Å². The molecule has 1 aromatic rings. The molecule has 0 spiro atoms. The molecule has 0 radical (unpaired) electrons. The van der Waals surface area contributed by atoms with Crippen molar-refractivity contribution >= 4 is 11.8 Å². The summed E-state index contributed by atoms with van der Waals surface area (Å²) >= 11 is 0. The van der Waals surface area contributed by atoms with Crippen LogP contribution < -0.4 is 10.6 Å². The van der Waals surface area contributed by atoms with Gasteiger partial charge in [0.25, 0.3) is 5.91 Å². The van der Waals surface area contributed by atoms with Crippen molar-refractivity contribution in [2.75, 3.05) is 13.6 Å². The van der Waals surface area contributed by atoms with E-state index in [1.807, 2.05) is 0 Å². The largest absolute Gasteiger partial charge is 0.459 e. The molecule has 1 aromatic heterocycles. The molecule has 0 saturated carbocycles. The van der Waals surface area contributed by atoms with Gasteiger partial charge in [0.2, 0.25) is 5.91 Å². The molecule has 0 saturated heterocycles. The highest BCUT2D eigenvalue weighted by Crippen LogP contribution is 1.98. The highest BCUT2D eigenvalue weighted by molar-refractivity contribution is 6.03. The molecule has 0 aliphatic carbocycles. The lowest BCUT2D eigenvalue weighted by molar-refractivity contribution is -0.119. The van der Waals surface area contributed by atoms with Crippen molar-refractivity contribution in [3.05, 3.63) is 24.2 Å². The summed E-state index contributed by atoms with van der Waals surface area (Å²) in [6, 6.07) is 3.07. The normalized spacial score (nSPS) is 9.62. The zero-order chi connectivity index (χ0) is 9.68. The number of rotatable bonds is 3. The second-order valence-corrected chi connectivity index (χ2v) is 2.38. The van der Waals surface area contributed by atoms with E-state index in [1.54, 1.807) is 13.1 Å². The van der Waals surface area contributed by atoms with Crippen molar-refractivity contribution in [2.24, 2.45) is 0 Å². The molecule has 1 heterocycles. The van der Waals surface area contributed by atoms with E-state index in [2.05, 4.69) is 10.6 Å². The van der Waals surface area contributed by atoms with Crippen molar-refractivity contribution in [1.82, 2.24) is 10.6 Å². The predicted molar refractivity (Wildman–Crippen MR) is 45.1 cm³/mol. The third-order valence-corrected chi connectivity index (χ3v) is 1.34. The fraction of sp³-hybridized carbons (Fsp3) is 0.250. The zero-order valence-corrected chi connectivity index (χ0v) is 7.16. The predicted octanol–water partition coefficient (Wildman–Crippen LogP) is -0.245. The third-order valence-electron chi connectivity index (χ3n) is 1.34. The Labute approximate surface area is 75.1 Å². The fourth-order valence-electron chi connectivity index (χ4n) is 0.801. The minimum absolute atomic E-state index is 0.104. The molecule has 5 nitrogen and oxygen atoms in total. The van der Waals surface area contributed by atoms with Crippen LogP contribution in [0.4, 0.5) is 0 Å². The second-order valence-electron chi connectivity index (χ2n) is 2.38. The topological polar surface area (TPSA) is 71.3 Å². The van der Waals surface area contributed by atoms with Crippen molar-refractivity contribution in [2.45, 2.75) is 0 Å². The van der Waals surface area contributed by atoms with Crippen LogP contribution in [0.2, 0.25) is 0 Å². The van der Waals surface area contributed by atoms with Crippen LogP contribution in [0.25, 0.3) is 0 Å². The molecular formula is C8H10N2O3. The average molecular weight is 182 g/mol. The Bertz CT molecular complexity index is 292. The van der Waals surface area contributed by atoms with Crippen LogP contribution in [0.3, 0.4) is 0 Å². The zero-order valence-electron chi connectivity index (χ0n) is 7.16. The first kappa shape index (κ1) is 9.47. The van der Waals surface area contributed by atoms with E-state index in [1.165, 1.54) is 12.3 Å². The molecule has 5 heteroatoms. The average Bonchev–Trinajstić information content (AvgIpc) is 2.55. The molecule has 0 fully saturated rings. The van der Waals surface area contributed by atoms with Gasteiger partial charge in [-0.3, -0.25) is 14.9 Å². The summed E-state index contributed by atoms with van der Waals surface area (Å²) in [5, 5.41) is 4.77. The minimum atomic E-state index is -0.523. The van der Waals surface area contributed by atoms with Gasteiger partial charge in [-0.15, -0.1) is 0 Å². The van der Waals surface area contributed by atoms with E-state index in [0.717, 1.165) is 0 Å². The molecule has 1 rings (SSSR count). The maximum absolute atomic E-state index is 11.1. The molecule has 70 valence electrons. The van der Waals surface area contributed by atoms with Crippen molar-refractivity contribution in [3.63, 3.8) is 0 Å². The number of nitrogens with one attached hydrogen (secondary N) is 2. The number of carbonyl (C=O) groups is 2. The van der Waals surface area contributed by atoms with Crippen LogP contribution in [0.5, 0.6) is 0 Å². The maximum Gasteiger partial charge on any atom is 0.293 e. The molecular weight excluding hydrogens is 172 g/mol. The summed E-state index contributed by atoms with van der Waals surface area (Å²) in [5.74, 6) is -0.779. The first-order valence-electron chi connectivity index (χ1n) is 3.76. The number of amides is 2. The van der Waals surface area contributed by atoms with E-state index in [-0.39, 0.29) is 18.2 Å². The van der Waals surface area contributed by atoms with Gasteiger partial charge in [-0.2, -0.15) is 0 Å². The summed E-state index contributed by atoms with van der Waals surface area (Å²) in [6.45, 7) is 0.104. The molecule has 2 N–H and O–H groups in total. The van der Waals surface area contributed by atoms with Crippen molar-refractivity contribution in [3.8, 4) is 0 Å². The molecule has 0 unspecified atom stereocenters. The molecule has 13 heavy (non-hydrogen) atoms. The molecule has 0 aromatic carbocycles. The van der Waals surface area contributed by atoms with Gasteiger partial charge in [0.05, 0.1) is 12.8 Å². The lowest BCUT2D eigenvalue weighted by atomic mass is 10.4. The van der Waals surface area contributed by atoms with Gasteiger partial charge in [0.1, 0.15) is 0 Å². The Kier molecular flexibility index (Phi) is 3.22. The summed E-state index contributed by atoms with van der Waals surface area (Å²) in [7, 11) is 1.62. The Morgan fingerprint density at radius 3 is 2.85 bits per heavy atom. The highest BCUT2D eigenvalue weighted by Gasteiger charge is 2.11.